The van der Waals surface area contributed by atoms with Crippen molar-refractivity contribution in [2.24, 2.45) is 0 Å². The van der Waals surface area contributed by atoms with Crippen LogP contribution in [0.4, 0.5) is 0 Å². The molecule has 1 aromatic carbocycles. The number of hydrogen-bond donors (Lipinski definition) is 0. The maximum atomic E-state index is 5.10. The molecule has 0 radical (unpaired) electrons. The number of ether oxygens (including phenoxy) is 1. The zero-order valence-electron chi connectivity index (χ0n) is 9.13. The lowest BCUT2D eigenvalue weighted by molar-refractivity contribution is 0.415. The summed E-state index contributed by atoms with van der Waals surface area (Å²) in [5, 5.41) is 1.78. The van der Waals surface area contributed by atoms with E-state index in [1.807, 2.05) is 12.1 Å². The van der Waals surface area contributed by atoms with Gasteiger partial charge < -0.3 is 4.74 Å². The van der Waals surface area contributed by atoms with Gasteiger partial charge in [-0.15, -0.1) is 17.0 Å². The lowest BCUT2D eigenvalue weighted by atomic mass is 10.3. The highest BCUT2D eigenvalue weighted by molar-refractivity contribution is 8.93. The lowest BCUT2D eigenvalue weighted by Crippen LogP contribution is -2.10. The second kappa shape index (κ2) is 5.72. The molecule has 0 N–H and O–H groups in total. The summed E-state index contributed by atoms with van der Waals surface area (Å²) in [4.78, 5) is 0. The van der Waals surface area contributed by atoms with E-state index in [4.69, 9.17) is 4.74 Å². The van der Waals surface area contributed by atoms with E-state index in [1.165, 1.54) is 5.30 Å². The summed E-state index contributed by atoms with van der Waals surface area (Å²) in [5.74, 6) is 0.933. The van der Waals surface area contributed by atoms with E-state index in [-0.39, 0.29) is 17.0 Å². The molecule has 0 amide bonds. The maximum Gasteiger partial charge on any atom is 0.118 e. The Balaban J connectivity index is 0.00000169. The molecule has 0 spiro atoms. The Kier molecular flexibility index (Phi) is 5.70. The Morgan fingerprint density at radius 2 is 1.57 bits per heavy atom. The number of halogens is 1. The molecule has 0 saturated heterocycles. The molecule has 0 saturated carbocycles. The molecule has 0 aliphatic heterocycles. The van der Waals surface area contributed by atoms with Crippen molar-refractivity contribution in [2.45, 2.75) is 25.9 Å². The van der Waals surface area contributed by atoms with Gasteiger partial charge in [0.05, 0.1) is 7.11 Å². The Labute approximate surface area is 98.8 Å². The molecule has 3 heteroatoms. The normalized spacial score (nSPS) is 11.4. The molecule has 1 nitrogen and oxygen atoms in total. The zero-order chi connectivity index (χ0) is 9.90. The molecule has 0 fully saturated rings. The molecule has 0 aromatic heterocycles. The number of benzene rings is 1. The van der Waals surface area contributed by atoms with Crippen molar-refractivity contribution in [1.82, 2.24) is 0 Å². The van der Waals surface area contributed by atoms with Crippen LogP contribution in [0.25, 0.3) is 0 Å². The Bertz CT molecular complexity index is 264. The van der Waals surface area contributed by atoms with Crippen molar-refractivity contribution < 1.29 is 4.74 Å². The van der Waals surface area contributed by atoms with E-state index >= 15 is 0 Å². The largest absolute Gasteiger partial charge is 0.497 e. The van der Waals surface area contributed by atoms with Gasteiger partial charge in [-0.1, -0.05) is 41.5 Å². The van der Waals surface area contributed by atoms with Gasteiger partial charge in [-0.2, -0.15) is 0 Å². The average molecular weight is 277 g/mol. The van der Waals surface area contributed by atoms with Gasteiger partial charge in [-0.05, 0) is 22.6 Å². The summed E-state index contributed by atoms with van der Waals surface area (Å²) in [7, 11) is 2.55. The molecule has 0 aliphatic rings. The number of methoxy groups -OCH3 is 1. The van der Waals surface area contributed by atoms with Crippen LogP contribution in [0.2, 0.25) is 0 Å². The van der Waals surface area contributed by atoms with E-state index in [2.05, 4.69) is 32.9 Å². The molecular weight excluding hydrogens is 259 g/mol. The molecule has 1 unspecified atom stereocenters. The fourth-order valence-corrected chi connectivity index (χ4v) is 2.31. The molecule has 1 atom stereocenters. The smallest absolute Gasteiger partial charge is 0.118 e. The molecule has 1 aromatic rings. The number of hydrogen-bond acceptors (Lipinski definition) is 1. The summed E-state index contributed by atoms with van der Waals surface area (Å²) >= 11 is 0. The summed E-state index contributed by atoms with van der Waals surface area (Å²) < 4.78 is 5.10. The van der Waals surface area contributed by atoms with Crippen LogP contribution in [0.15, 0.2) is 24.3 Å². The van der Waals surface area contributed by atoms with E-state index in [0.717, 1.165) is 14.3 Å². The van der Waals surface area contributed by atoms with Gasteiger partial charge in [0.2, 0.25) is 0 Å². The minimum atomic E-state index is 0. The SMILES string of the molecule is Br.COc1ccc(PC(C)(C)C)cc1. The van der Waals surface area contributed by atoms with Gasteiger partial charge in [-0.3, -0.25) is 0 Å². The quantitative estimate of drug-likeness (QED) is 0.753. The van der Waals surface area contributed by atoms with Gasteiger partial charge >= 0.3 is 0 Å². The molecule has 14 heavy (non-hydrogen) atoms. The molecular formula is C11H18BrOP. The highest BCUT2D eigenvalue weighted by Gasteiger charge is 2.10. The predicted octanol–water partition coefficient (Wildman–Crippen LogP) is 3.38. The fourth-order valence-electron chi connectivity index (χ4n) is 1.11. The second-order valence-electron chi connectivity index (χ2n) is 4.10. The summed E-state index contributed by atoms with van der Waals surface area (Å²) in [5.41, 5.74) is 0. The third kappa shape index (κ3) is 4.97. The molecule has 0 aliphatic carbocycles. The predicted molar refractivity (Wildman–Crippen MR) is 71.0 cm³/mol. The van der Waals surface area contributed by atoms with E-state index in [1.54, 1.807) is 7.11 Å². The van der Waals surface area contributed by atoms with Gasteiger partial charge in [-0.25, -0.2) is 0 Å². The first-order valence-electron chi connectivity index (χ1n) is 4.43. The van der Waals surface area contributed by atoms with Crippen molar-refractivity contribution in [3.63, 3.8) is 0 Å². The summed E-state index contributed by atoms with van der Waals surface area (Å²) in [6.45, 7) is 6.78. The third-order valence-electron chi connectivity index (χ3n) is 1.61. The topological polar surface area (TPSA) is 9.23 Å². The Hall–Kier alpha value is -0.0700. The van der Waals surface area contributed by atoms with Gasteiger partial charge in [0.15, 0.2) is 0 Å². The van der Waals surface area contributed by atoms with Crippen LogP contribution in [0.5, 0.6) is 5.75 Å². The van der Waals surface area contributed by atoms with Crippen molar-refractivity contribution in [1.29, 1.82) is 0 Å². The van der Waals surface area contributed by atoms with Crippen LogP contribution < -0.4 is 10.0 Å². The minimum absolute atomic E-state index is 0. The molecule has 0 bridgehead atoms. The highest BCUT2D eigenvalue weighted by Crippen LogP contribution is 2.29. The van der Waals surface area contributed by atoms with Crippen molar-refractivity contribution in [3.05, 3.63) is 24.3 Å². The number of rotatable bonds is 2. The van der Waals surface area contributed by atoms with Crippen LogP contribution >= 0.6 is 25.6 Å². The first kappa shape index (κ1) is 13.9. The summed E-state index contributed by atoms with van der Waals surface area (Å²) in [6, 6.07) is 8.33. The van der Waals surface area contributed by atoms with Gasteiger partial charge in [0, 0.05) is 0 Å². The molecule has 1 rings (SSSR count). The van der Waals surface area contributed by atoms with Crippen LogP contribution in [-0.2, 0) is 0 Å². The fraction of sp³-hybridized carbons (Fsp3) is 0.455. The third-order valence-corrected chi connectivity index (χ3v) is 2.98. The lowest BCUT2D eigenvalue weighted by Gasteiger charge is -2.18. The van der Waals surface area contributed by atoms with Crippen LogP contribution in [0.1, 0.15) is 20.8 Å². The monoisotopic (exact) mass is 276 g/mol. The van der Waals surface area contributed by atoms with E-state index in [0.29, 0.717) is 5.16 Å². The van der Waals surface area contributed by atoms with Crippen molar-refractivity contribution >= 4 is 30.9 Å². The van der Waals surface area contributed by atoms with Crippen LogP contribution in [0, 0.1) is 0 Å². The standard InChI is InChI=1S/C11H17OP.BrH/c1-11(2,3)13-10-7-5-9(12-4)6-8-10;/h5-8,13H,1-4H3;1H. The van der Waals surface area contributed by atoms with E-state index in [9.17, 15) is 0 Å². The second-order valence-corrected chi connectivity index (χ2v) is 6.43. The van der Waals surface area contributed by atoms with E-state index < -0.39 is 0 Å². The zero-order valence-corrected chi connectivity index (χ0v) is 11.8. The Morgan fingerprint density at radius 3 is 1.93 bits per heavy atom. The van der Waals surface area contributed by atoms with Crippen molar-refractivity contribution in [2.75, 3.05) is 7.11 Å². The van der Waals surface area contributed by atoms with Crippen LogP contribution in [0.3, 0.4) is 0 Å². The van der Waals surface area contributed by atoms with Gasteiger partial charge in [0.25, 0.3) is 0 Å². The first-order chi connectivity index (χ1) is 6.01. The average Bonchev–Trinajstić information content (AvgIpc) is 2.03. The van der Waals surface area contributed by atoms with Crippen molar-refractivity contribution in [3.8, 4) is 5.75 Å². The van der Waals surface area contributed by atoms with Crippen LogP contribution in [-0.4, -0.2) is 12.3 Å². The highest BCUT2D eigenvalue weighted by atomic mass is 79.9. The minimum Gasteiger partial charge on any atom is -0.497 e. The molecule has 80 valence electrons. The first-order valence-corrected chi connectivity index (χ1v) is 5.43. The van der Waals surface area contributed by atoms with Gasteiger partial charge in [0.1, 0.15) is 5.75 Å². The molecule has 0 heterocycles. The Morgan fingerprint density at radius 1 is 1.07 bits per heavy atom. The summed E-state index contributed by atoms with van der Waals surface area (Å²) in [6.07, 6.45) is 0. The maximum absolute atomic E-state index is 5.10.